The lowest BCUT2D eigenvalue weighted by Gasteiger charge is -2.36. The monoisotopic (exact) mass is 507 g/mol. The number of cyclic esters (lactones) is 1. The molecule has 2 aromatic carbocycles. The molecule has 2 aliphatic rings. The molecule has 5 rings (SSSR count). The number of fused-ring (bicyclic) bond motifs is 1. The van der Waals surface area contributed by atoms with Crippen molar-refractivity contribution in [3.63, 3.8) is 0 Å². The van der Waals surface area contributed by atoms with Crippen molar-refractivity contribution in [1.82, 2.24) is 4.98 Å². The number of ether oxygens (including phenoxy) is 1. The number of nitrogen functional groups attached to an aromatic ring is 2. The van der Waals surface area contributed by atoms with E-state index in [9.17, 15) is 10.1 Å². The van der Waals surface area contributed by atoms with Gasteiger partial charge in [0.25, 0.3) is 0 Å². The summed E-state index contributed by atoms with van der Waals surface area (Å²) in [6.07, 6.45) is 0. The second kappa shape index (κ2) is 7.55. The van der Waals surface area contributed by atoms with E-state index in [1.165, 1.54) is 0 Å². The third-order valence-corrected chi connectivity index (χ3v) is 6.39. The molecule has 2 aliphatic heterocycles. The summed E-state index contributed by atoms with van der Waals surface area (Å²) in [6.45, 7) is 0.0786. The normalized spacial score (nSPS) is 17.0. The Labute approximate surface area is 197 Å². The zero-order valence-electron chi connectivity index (χ0n) is 16.5. The molecule has 3 aromatic rings. The van der Waals surface area contributed by atoms with Gasteiger partial charge in [0.1, 0.15) is 29.9 Å². The van der Waals surface area contributed by atoms with Crippen molar-refractivity contribution in [3.8, 4) is 6.07 Å². The largest absolute Gasteiger partial charge is 0.456 e. The van der Waals surface area contributed by atoms with Crippen molar-refractivity contribution < 1.29 is 9.53 Å². The number of aromatic nitrogens is 1. The van der Waals surface area contributed by atoms with Crippen LogP contribution in [0.15, 0.2) is 64.3 Å². The smallest absolute Gasteiger partial charge is 0.337 e. The van der Waals surface area contributed by atoms with Crippen LogP contribution in [0.1, 0.15) is 22.6 Å². The summed E-state index contributed by atoms with van der Waals surface area (Å²) in [5.41, 5.74) is 16.0. The maximum atomic E-state index is 12.9. The first-order valence-corrected chi connectivity index (χ1v) is 10.8. The second-order valence-corrected chi connectivity index (χ2v) is 8.72. The molecule has 1 atom stereocenters. The van der Waals surface area contributed by atoms with E-state index in [-0.39, 0.29) is 23.7 Å². The molecule has 158 valence electrons. The number of hydrogen-bond donors (Lipinski definition) is 2. The van der Waals surface area contributed by atoms with Crippen LogP contribution >= 0.6 is 27.5 Å². The van der Waals surface area contributed by atoms with E-state index in [1.807, 2.05) is 47.4 Å². The summed E-state index contributed by atoms with van der Waals surface area (Å²) in [7, 11) is 0. The van der Waals surface area contributed by atoms with Crippen LogP contribution in [0.4, 0.5) is 23.0 Å². The highest BCUT2D eigenvalue weighted by Crippen LogP contribution is 2.52. The molecule has 0 aliphatic carbocycles. The Bertz CT molecular complexity index is 1350. The third-order valence-electron chi connectivity index (χ3n) is 5.61. The number of carbonyl (C=O) groups excluding carboxylic acids is 1. The molecule has 0 radical (unpaired) electrons. The molecule has 0 amide bonds. The van der Waals surface area contributed by atoms with Gasteiger partial charge in [-0.05, 0) is 42.0 Å². The zero-order valence-corrected chi connectivity index (χ0v) is 18.8. The summed E-state index contributed by atoms with van der Waals surface area (Å²) in [4.78, 5) is 19.3. The summed E-state index contributed by atoms with van der Waals surface area (Å²) < 4.78 is 6.35. The Morgan fingerprint density at radius 2 is 1.84 bits per heavy atom. The Morgan fingerprint density at radius 1 is 1.16 bits per heavy atom. The van der Waals surface area contributed by atoms with Gasteiger partial charge in [0.05, 0.1) is 17.0 Å². The summed E-state index contributed by atoms with van der Waals surface area (Å²) in [5, 5.41) is 10.2. The lowest BCUT2D eigenvalue weighted by Crippen LogP contribution is -2.30. The van der Waals surface area contributed by atoms with Gasteiger partial charge in [0, 0.05) is 26.7 Å². The zero-order chi connectivity index (χ0) is 22.6. The van der Waals surface area contributed by atoms with Crippen LogP contribution in [0.5, 0.6) is 0 Å². The number of esters is 1. The first-order chi connectivity index (χ1) is 15.4. The molecule has 0 saturated carbocycles. The molecular formula is C23H15BrClN5O2. The van der Waals surface area contributed by atoms with Crippen LogP contribution in [0.3, 0.4) is 0 Å². The van der Waals surface area contributed by atoms with Gasteiger partial charge in [-0.25, -0.2) is 9.78 Å². The van der Waals surface area contributed by atoms with Gasteiger partial charge in [-0.15, -0.1) is 0 Å². The molecule has 0 fully saturated rings. The first-order valence-electron chi connectivity index (χ1n) is 9.61. The molecule has 0 bridgehead atoms. The molecule has 3 heterocycles. The van der Waals surface area contributed by atoms with E-state index in [0.717, 1.165) is 15.7 Å². The fourth-order valence-electron chi connectivity index (χ4n) is 4.20. The number of nitrogens with two attached hydrogens (primary N) is 2. The van der Waals surface area contributed by atoms with E-state index < -0.39 is 11.9 Å². The van der Waals surface area contributed by atoms with Crippen LogP contribution in [-0.4, -0.2) is 17.6 Å². The highest BCUT2D eigenvalue weighted by Gasteiger charge is 2.45. The van der Waals surface area contributed by atoms with Gasteiger partial charge in [-0.1, -0.05) is 39.7 Å². The average Bonchev–Trinajstić information content (AvgIpc) is 3.15. The van der Waals surface area contributed by atoms with E-state index in [0.29, 0.717) is 27.7 Å². The number of carbonyl (C=O) groups is 1. The van der Waals surface area contributed by atoms with Crippen molar-refractivity contribution in [1.29, 1.82) is 5.26 Å². The van der Waals surface area contributed by atoms with E-state index in [4.69, 9.17) is 27.8 Å². The van der Waals surface area contributed by atoms with Crippen molar-refractivity contribution in [2.75, 3.05) is 23.0 Å². The lowest BCUT2D eigenvalue weighted by atomic mass is 9.80. The van der Waals surface area contributed by atoms with Gasteiger partial charge in [0.2, 0.25) is 0 Å². The van der Waals surface area contributed by atoms with Crippen LogP contribution in [0, 0.1) is 11.3 Å². The molecule has 0 spiro atoms. The number of rotatable bonds is 2. The number of nitriles is 1. The molecule has 1 aromatic heterocycles. The number of pyridine rings is 1. The minimum atomic E-state index is -0.584. The van der Waals surface area contributed by atoms with Gasteiger partial charge >= 0.3 is 5.97 Å². The fourth-order valence-corrected chi connectivity index (χ4v) is 4.59. The summed E-state index contributed by atoms with van der Waals surface area (Å²) >= 11 is 9.54. The van der Waals surface area contributed by atoms with E-state index in [1.54, 1.807) is 12.1 Å². The van der Waals surface area contributed by atoms with Gasteiger partial charge in [-0.3, -0.25) is 4.90 Å². The minimum Gasteiger partial charge on any atom is -0.456 e. The molecule has 9 heteroatoms. The van der Waals surface area contributed by atoms with E-state index >= 15 is 0 Å². The van der Waals surface area contributed by atoms with Crippen molar-refractivity contribution in [2.45, 2.75) is 5.92 Å². The topological polar surface area (TPSA) is 118 Å². The van der Waals surface area contributed by atoms with E-state index in [2.05, 4.69) is 20.9 Å². The molecule has 0 saturated heterocycles. The van der Waals surface area contributed by atoms with Crippen LogP contribution in [-0.2, 0) is 9.53 Å². The molecule has 4 N–H and O–H groups in total. The lowest BCUT2D eigenvalue weighted by molar-refractivity contribution is -0.136. The van der Waals surface area contributed by atoms with Crippen molar-refractivity contribution in [3.05, 3.63) is 86.0 Å². The Morgan fingerprint density at radius 3 is 2.50 bits per heavy atom. The van der Waals surface area contributed by atoms with Crippen molar-refractivity contribution >= 4 is 56.5 Å². The highest BCUT2D eigenvalue weighted by molar-refractivity contribution is 9.10. The third kappa shape index (κ3) is 3.01. The standard InChI is InChI=1S/C23H15BrClN5O2/c24-12-3-7-14(8-4-12)30-16-10-32-23(31)18(16)17(11-1-5-13(25)6-2-11)19-20(27)15(9-26)21(28)29-22(19)30/h1-8,17H,10H2,(H4,27,28,29). The quantitative estimate of drug-likeness (QED) is 0.485. The van der Waals surface area contributed by atoms with Gasteiger partial charge in [0.15, 0.2) is 0 Å². The fraction of sp³-hybridized carbons (Fsp3) is 0.0870. The predicted molar refractivity (Wildman–Crippen MR) is 125 cm³/mol. The molecular weight excluding hydrogens is 494 g/mol. The number of nitrogens with zero attached hydrogens (tertiary/aromatic N) is 3. The number of anilines is 4. The summed E-state index contributed by atoms with van der Waals surface area (Å²) in [5.74, 6) is -0.546. The summed E-state index contributed by atoms with van der Waals surface area (Å²) in [6, 6.07) is 16.7. The Hall–Kier alpha value is -3.54. The molecule has 32 heavy (non-hydrogen) atoms. The maximum Gasteiger partial charge on any atom is 0.337 e. The first kappa shape index (κ1) is 20.4. The average molecular weight is 509 g/mol. The molecule has 1 unspecified atom stereocenters. The number of halogens is 2. The maximum absolute atomic E-state index is 12.9. The van der Waals surface area contributed by atoms with Gasteiger partial charge < -0.3 is 16.2 Å². The van der Waals surface area contributed by atoms with Crippen LogP contribution < -0.4 is 16.4 Å². The van der Waals surface area contributed by atoms with Crippen molar-refractivity contribution in [2.24, 2.45) is 0 Å². The number of hydrogen-bond acceptors (Lipinski definition) is 7. The Kier molecular flexibility index (Phi) is 4.81. The van der Waals surface area contributed by atoms with Crippen LogP contribution in [0.2, 0.25) is 5.02 Å². The highest BCUT2D eigenvalue weighted by atomic mass is 79.9. The van der Waals surface area contributed by atoms with Gasteiger partial charge in [-0.2, -0.15) is 5.26 Å². The number of benzene rings is 2. The molecule has 7 nitrogen and oxygen atoms in total. The minimum absolute atomic E-state index is 0.0232. The van der Waals surface area contributed by atoms with Crippen LogP contribution in [0.25, 0.3) is 0 Å². The Balaban J connectivity index is 1.86. The second-order valence-electron chi connectivity index (χ2n) is 7.37. The SMILES string of the molecule is N#Cc1c(N)nc2c(c1N)C(c1ccc(Cl)cc1)C1=C(COC1=O)N2c1ccc(Br)cc1. The predicted octanol–water partition coefficient (Wildman–Crippen LogP) is 4.63.